The highest BCUT2D eigenvalue weighted by Gasteiger charge is 2.19. The largest absolute Gasteiger partial charge is 0.309 e. The Bertz CT molecular complexity index is 3140. The summed E-state index contributed by atoms with van der Waals surface area (Å²) in [5.74, 6) is 0. The van der Waals surface area contributed by atoms with Gasteiger partial charge in [-0.25, -0.2) is 0 Å². The Hall–Kier alpha value is -6.64. The van der Waals surface area contributed by atoms with Crippen LogP contribution in [-0.2, 0) is 0 Å². The lowest BCUT2D eigenvalue weighted by molar-refractivity contribution is 1.19. The third kappa shape index (κ3) is 3.85. The third-order valence-electron chi connectivity index (χ3n) is 10.7. The highest BCUT2D eigenvalue weighted by Crippen LogP contribution is 2.42. The van der Waals surface area contributed by atoms with Gasteiger partial charge in [-0.2, -0.15) is 0 Å². The first-order chi connectivity index (χ1) is 24.8. The number of hydrogen-bond acceptors (Lipinski definition) is 0. The summed E-state index contributed by atoms with van der Waals surface area (Å²) in [7, 11) is 0. The van der Waals surface area contributed by atoms with E-state index in [1.165, 1.54) is 98.4 Å². The predicted octanol–water partition coefficient (Wildman–Crippen LogP) is 13.0. The molecule has 232 valence electrons. The first-order valence-electron chi connectivity index (χ1n) is 17.3. The zero-order valence-electron chi connectivity index (χ0n) is 27.2. The standard InChI is InChI=1S/C48H30N2/c1-2-15-36(16-3-1)49-45-27-23-34(29-42(45)40-25-21-32-12-5-8-18-38(32)47(40)49)35-24-28-46-43(30-35)41-26-22-33-13-6-9-19-39(33)48(41)50(46)44-20-10-14-31-11-4-7-17-37(31)44/h1-30H. The van der Waals surface area contributed by atoms with E-state index in [2.05, 4.69) is 191 Å². The summed E-state index contributed by atoms with van der Waals surface area (Å²) in [6.07, 6.45) is 0. The van der Waals surface area contributed by atoms with Gasteiger partial charge in [-0.3, -0.25) is 0 Å². The summed E-state index contributed by atoms with van der Waals surface area (Å²) in [5, 5.41) is 12.6. The Balaban J connectivity index is 1.19. The summed E-state index contributed by atoms with van der Waals surface area (Å²) < 4.78 is 4.92. The van der Waals surface area contributed by atoms with Crippen LogP contribution in [0.3, 0.4) is 0 Å². The van der Waals surface area contributed by atoms with Crippen molar-refractivity contribution in [1.29, 1.82) is 0 Å². The van der Waals surface area contributed by atoms with E-state index >= 15 is 0 Å². The Labute approximate surface area is 288 Å². The maximum Gasteiger partial charge on any atom is 0.0619 e. The van der Waals surface area contributed by atoms with E-state index in [4.69, 9.17) is 0 Å². The molecule has 2 nitrogen and oxygen atoms in total. The van der Waals surface area contributed by atoms with Crippen LogP contribution in [0.4, 0.5) is 0 Å². The van der Waals surface area contributed by atoms with Gasteiger partial charge in [0, 0.05) is 43.4 Å². The van der Waals surface area contributed by atoms with Gasteiger partial charge >= 0.3 is 0 Å². The van der Waals surface area contributed by atoms with Crippen molar-refractivity contribution in [3.05, 3.63) is 182 Å². The van der Waals surface area contributed by atoms with Crippen molar-refractivity contribution >= 4 is 75.9 Å². The average molecular weight is 635 g/mol. The molecule has 0 spiro atoms. The molecule has 9 aromatic carbocycles. The molecular weight excluding hydrogens is 605 g/mol. The highest BCUT2D eigenvalue weighted by atomic mass is 15.0. The topological polar surface area (TPSA) is 9.86 Å². The van der Waals surface area contributed by atoms with Gasteiger partial charge < -0.3 is 9.13 Å². The quantitative estimate of drug-likeness (QED) is 0.183. The minimum absolute atomic E-state index is 1.17. The zero-order valence-corrected chi connectivity index (χ0v) is 27.2. The lowest BCUT2D eigenvalue weighted by Gasteiger charge is -2.13. The van der Waals surface area contributed by atoms with Crippen LogP contribution in [0.1, 0.15) is 0 Å². The molecule has 0 bridgehead atoms. The molecule has 2 heteroatoms. The van der Waals surface area contributed by atoms with Crippen LogP contribution >= 0.6 is 0 Å². The second-order valence-corrected chi connectivity index (χ2v) is 13.3. The lowest BCUT2D eigenvalue weighted by atomic mass is 9.99. The highest BCUT2D eigenvalue weighted by molar-refractivity contribution is 6.21. The molecule has 11 rings (SSSR count). The molecule has 0 radical (unpaired) electrons. The van der Waals surface area contributed by atoms with Crippen molar-refractivity contribution in [3.8, 4) is 22.5 Å². The summed E-state index contributed by atoms with van der Waals surface area (Å²) in [4.78, 5) is 0. The first-order valence-corrected chi connectivity index (χ1v) is 17.3. The molecule has 50 heavy (non-hydrogen) atoms. The molecule has 2 aromatic heterocycles. The second kappa shape index (κ2) is 10.4. The van der Waals surface area contributed by atoms with Gasteiger partial charge in [0.2, 0.25) is 0 Å². The monoisotopic (exact) mass is 634 g/mol. The second-order valence-electron chi connectivity index (χ2n) is 13.3. The van der Waals surface area contributed by atoms with E-state index in [0.29, 0.717) is 0 Å². The van der Waals surface area contributed by atoms with Crippen molar-refractivity contribution in [2.75, 3.05) is 0 Å². The third-order valence-corrected chi connectivity index (χ3v) is 10.7. The van der Waals surface area contributed by atoms with E-state index in [9.17, 15) is 0 Å². The van der Waals surface area contributed by atoms with E-state index < -0.39 is 0 Å². The SMILES string of the molecule is c1ccc(-n2c3ccc(-c4ccc5c(c4)c4ccc6ccccc6c4n5-c4cccc5ccccc45)cc3c3ccc4ccccc4c32)cc1. The minimum Gasteiger partial charge on any atom is -0.309 e. The van der Waals surface area contributed by atoms with Crippen LogP contribution in [0, 0.1) is 0 Å². The maximum atomic E-state index is 2.49. The lowest BCUT2D eigenvalue weighted by Crippen LogP contribution is -1.96. The smallest absolute Gasteiger partial charge is 0.0619 e. The Kier molecular flexibility index (Phi) is 5.70. The molecule has 0 atom stereocenters. The van der Waals surface area contributed by atoms with Crippen molar-refractivity contribution in [1.82, 2.24) is 9.13 Å². The van der Waals surface area contributed by atoms with Gasteiger partial charge in [0.05, 0.1) is 27.8 Å². The van der Waals surface area contributed by atoms with Gasteiger partial charge in [-0.05, 0) is 69.8 Å². The molecular formula is C48H30N2. The van der Waals surface area contributed by atoms with Gasteiger partial charge in [-0.1, -0.05) is 140 Å². The number of hydrogen-bond donors (Lipinski definition) is 0. The molecule has 0 aliphatic carbocycles. The van der Waals surface area contributed by atoms with Crippen LogP contribution in [0.15, 0.2) is 182 Å². The van der Waals surface area contributed by atoms with Gasteiger partial charge in [0.1, 0.15) is 0 Å². The normalized spacial score (nSPS) is 12.0. The first kappa shape index (κ1) is 27.3. The molecule has 0 amide bonds. The van der Waals surface area contributed by atoms with Gasteiger partial charge in [0.25, 0.3) is 0 Å². The van der Waals surface area contributed by atoms with E-state index in [-0.39, 0.29) is 0 Å². The van der Waals surface area contributed by atoms with Crippen molar-refractivity contribution < 1.29 is 0 Å². The molecule has 2 heterocycles. The summed E-state index contributed by atoms with van der Waals surface area (Å²) in [6, 6.07) is 66.8. The summed E-state index contributed by atoms with van der Waals surface area (Å²) in [6.45, 7) is 0. The van der Waals surface area contributed by atoms with Crippen LogP contribution in [-0.4, -0.2) is 9.13 Å². The zero-order chi connectivity index (χ0) is 32.8. The summed E-state index contributed by atoms with van der Waals surface area (Å²) in [5.41, 5.74) is 9.73. The fraction of sp³-hybridized carbons (Fsp3) is 0. The number of rotatable bonds is 3. The Morgan fingerprint density at radius 1 is 0.280 bits per heavy atom. The summed E-state index contributed by atoms with van der Waals surface area (Å²) >= 11 is 0. The van der Waals surface area contributed by atoms with Gasteiger partial charge in [0.15, 0.2) is 0 Å². The van der Waals surface area contributed by atoms with E-state index in [1.807, 2.05) is 0 Å². The van der Waals surface area contributed by atoms with Crippen molar-refractivity contribution in [2.24, 2.45) is 0 Å². The molecule has 0 aliphatic heterocycles. The molecule has 0 aliphatic rings. The molecule has 0 saturated heterocycles. The number of fused-ring (bicyclic) bond motifs is 11. The van der Waals surface area contributed by atoms with Crippen molar-refractivity contribution in [3.63, 3.8) is 0 Å². The van der Waals surface area contributed by atoms with Crippen LogP contribution in [0.25, 0.3) is 98.4 Å². The van der Waals surface area contributed by atoms with Crippen LogP contribution in [0.2, 0.25) is 0 Å². The Morgan fingerprint density at radius 3 is 1.38 bits per heavy atom. The number of para-hydroxylation sites is 1. The fourth-order valence-electron chi connectivity index (χ4n) is 8.42. The molecule has 11 aromatic rings. The maximum absolute atomic E-state index is 2.49. The fourth-order valence-corrected chi connectivity index (χ4v) is 8.42. The molecule has 0 unspecified atom stereocenters. The number of benzene rings is 9. The van der Waals surface area contributed by atoms with Gasteiger partial charge in [-0.15, -0.1) is 0 Å². The molecule has 0 fully saturated rings. The minimum atomic E-state index is 1.17. The molecule has 0 N–H and O–H groups in total. The van der Waals surface area contributed by atoms with Crippen LogP contribution < -0.4 is 0 Å². The van der Waals surface area contributed by atoms with E-state index in [0.717, 1.165) is 0 Å². The number of aromatic nitrogens is 2. The van der Waals surface area contributed by atoms with Crippen molar-refractivity contribution in [2.45, 2.75) is 0 Å². The number of nitrogens with zero attached hydrogens (tertiary/aromatic N) is 2. The predicted molar refractivity (Wildman–Crippen MR) is 213 cm³/mol. The van der Waals surface area contributed by atoms with E-state index in [1.54, 1.807) is 0 Å². The van der Waals surface area contributed by atoms with Crippen LogP contribution in [0.5, 0.6) is 0 Å². The molecule has 0 saturated carbocycles. The Morgan fingerprint density at radius 2 is 0.760 bits per heavy atom. The average Bonchev–Trinajstić information content (AvgIpc) is 3.70.